The van der Waals surface area contributed by atoms with Crippen LogP contribution < -0.4 is 10.1 Å². The molecule has 2 heterocycles. The molecule has 0 aliphatic carbocycles. The van der Waals surface area contributed by atoms with Crippen LogP contribution in [0.15, 0.2) is 30.7 Å². The van der Waals surface area contributed by atoms with Crippen LogP contribution in [-0.2, 0) is 6.54 Å². The Hall–Kier alpha value is -2.68. The van der Waals surface area contributed by atoms with Gasteiger partial charge in [0.15, 0.2) is 11.5 Å². The fourth-order valence-electron chi connectivity index (χ4n) is 1.41. The SMILES string of the molecule is COc1cc(CNc2nccnc2C#N)ccn1. The van der Waals surface area contributed by atoms with E-state index < -0.39 is 0 Å². The van der Waals surface area contributed by atoms with E-state index in [1.807, 2.05) is 18.2 Å². The van der Waals surface area contributed by atoms with Crippen LogP contribution in [0.5, 0.6) is 5.88 Å². The minimum Gasteiger partial charge on any atom is -0.481 e. The zero-order valence-electron chi connectivity index (χ0n) is 9.79. The topological polar surface area (TPSA) is 83.7 Å². The van der Waals surface area contributed by atoms with Gasteiger partial charge < -0.3 is 10.1 Å². The summed E-state index contributed by atoms with van der Waals surface area (Å²) in [6, 6.07) is 5.66. The van der Waals surface area contributed by atoms with Crippen molar-refractivity contribution in [1.29, 1.82) is 5.26 Å². The summed E-state index contributed by atoms with van der Waals surface area (Å²) >= 11 is 0. The first-order valence-electron chi connectivity index (χ1n) is 5.27. The van der Waals surface area contributed by atoms with Gasteiger partial charge in [-0.1, -0.05) is 0 Å². The van der Waals surface area contributed by atoms with Gasteiger partial charge in [0.05, 0.1) is 7.11 Å². The van der Waals surface area contributed by atoms with E-state index in [0.717, 1.165) is 5.56 Å². The number of nitrogens with one attached hydrogen (secondary N) is 1. The standard InChI is InChI=1S/C12H11N5O/c1-18-11-6-9(2-3-15-11)8-17-12-10(7-13)14-4-5-16-12/h2-6H,8H2,1H3,(H,16,17). The molecule has 0 amide bonds. The summed E-state index contributed by atoms with van der Waals surface area (Å²) in [4.78, 5) is 12.0. The molecule has 0 bridgehead atoms. The molecule has 0 unspecified atom stereocenters. The zero-order chi connectivity index (χ0) is 12.8. The lowest BCUT2D eigenvalue weighted by Gasteiger charge is -2.07. The third-order valence-electron chi connectivity index (χ3n) is 2.27. The second-order valence-electron chi connectivity index (χ2n) is 3.43. The van der Waals surface area contributed by atoms with Crippen molar-refractivity contribution in [3.05, 3.63) is 42.0 Å². The van der Waals surface area contributed by atoms with Gasteiger partial charge in [-0.15, -0.1) is 0 Å². The van der Waals surface area contributed by atoms with Gasteiger partial charge in [-0.3, -0.25) is 0 Å². The number of nitrogens with zero attached hydrogens (tertiary/aromatic N) is 4. The van der Waals surface area contributed by atoms with E-state index in [1.165, 1.54) is 12.4 Å². The van der Waals surface area contributed by atoms with Crippen LogP contribution in [0.4, 0.5) is 5.82 Å². The molecule has 0 aromatic carbocycles. The van der Waals surface area contributed by atoms with Crippen LogP contribution in [0, 0.1) is 11.3 Å². The van der Waals surface area contributed by atoms with E-state index in [9.17, 15) is 0 Å². The van der Waals surface area contributed by atoms with E-state index in [0.29, 0.717) is 18.2 Å². The van der Waals surface area contributed by atoms with Crippen molar-refractivity contribution in [2.45, 2.75) is 6.54 Å². The summed E-state index contributed by atoms with van der Waals surface area (Å²) in [5, 5.41) is 11.9. The van der Waals surface area contributed by atoms with E-state index in [1.54, 1.807) is 13.3 Å². The predicted molar refractivity (Wildman–Crippen MR) is 64.9 cm³/mol. The Labute approximate surface area is 104 Å². The molecule has 2 aromatic rings. The number of anilines is 1. The highest BCUT2D eigenvalue weighted by molar-refractivity contribution is 5.47. The minimum absolute atomic E-state index is 0.276. The van der Waals surface area contributed by atoms with Crippen molar-refractivity contribution in [2.75, 3.05) is 12.4 Å². The molecular formula is C12H11N5O. The minimum atomic E-state index is 0.276. The van der Waals surface area contributed by atoms with Gasteiger partial charge in [0.1, 0.15) is 6.07 Å². The molecule has 0 radical (unpaired) electrons. The maximum absolute atomic E-state index is 8.88. The van der Waals surface area contributed by atoms with Gasteiger partial charge in [-0.2, -0.15) is 5.26 Å². The van der Waals surface area contributed by atoms with Crippen LogP contribution in [0.1, 0.15) is 11.3 Å². The lowest BCUT2D eigenvalue weighted by Crippen LogP contribution is -2.04. The summed E-state index contributed by atoms with van der Waals surface area (Å²) in [5.41, 5.74) is 1.26. The number of nitriles is 1. The molecule has 0 atom stereocenters. The van der Waals surface area contributed by atoms with Crippen molar-refractivity contribution < 1.29 is 4.74 Å². The summed E-state index contributed by atoms with van der Waals surface area (Å²) < 4.78 is 5.03. The second kappa shape index (κ2) is 5.59. The molecule has 0 aliphatic heterocycles. The highest BCUT2D eigenvalue weighted by atomic mass is 16.5. The van der Waals surface area contributed by atoms with Crippen LogP contribution in [0.3, 0.4) is 0 Å². The Morgan fingerprint density at radius 2 is 2.11 bits per heavy atom. The fourth-order valence-corrected chi connectivity index (χ4v) is 1.41. The number of methoxy groups -OCH3 is 1. The Kier molecular flexibility index (Phi) is 3.66. The van der Waals surface area contributed by atoms with Crippen molar-refractivity contribution in [2.24, 2.45) is 0 Å². The van der Waals surface area contributed by atoms with Gasteiger partial charge in [0.2, 0.25) is 5.88 Å². The van der Waals surface area contributed by atoms with E-state index in [-0.39, 0.29) is 5.69 Å². The normalized spacial score (nSPS) is 9.56. The van der Waals surface area contributed by atoms with Crippen molar-refractivity contribution in [1.82, 2.24) is 15.0 Å². The summed E-state index contributed by atoms with van der Waals surface area (Å²) in [7, 11) is 1.57. The maximum Gasteiger partial charge on any atom is 0.213 e. The van der Waals surface area contributed by atoms with Crippen LogP contribution in [0.2, 0.25) is 0 Å². The van der Waals surface area contributed by atoms with Crippen LogP contribution in [0.25, 0.3) is 0 Å². The molecule has 0 aliphatic rings. The van der Waals surface area contributed by atoms with E-state index in [2.05, 4.69) is 20.3 Å². The molecule has 2 rings (SSSR count). The quantitative estimate of drug-likeness (QED) is 0.870. The van der Waals surface area contributed by atoms with Gasteiger partial charge in [-0.25, -0.2) is 15.0 Å². The Bertz CT molecular complexity index is 579. The Morgan fingerprint density at radius 1 is 1.28 bits per heavy atom. The maximum atomic E-state index is 8.88. The summed E-state index contributed by atoms with van der Waals surface area (Å²) in [6.07, 6.45) is 4.69. The predicted octanol–water partition coefficient (Wildman–Crippen LogP) is 1.36. The van der Waals surface area contributed by atoms with Gasteiger partial charge >= 0.3 is 0 Å². The molecule has 1 N–H and O–H groups in total. The average molecular weight is 241 g/mol. The van der Waals surface area contributed by atoms with Gasteiger partial charge in [0.25, 0.3) is 0 Å². The number of hydrogen-bond donors (Lipinski definition) is 1. The smallest absolute Gasteiger partial charge is 0.213 e. The van der Waals surface area contributed by atoms with Crippen LogP contribution >= 0.6 is 0 Å². The molecule has 2 aromatic heterocycles. The molecule has 0 spiro atoms. The largest absolute Gasteiger partial charge is 0.481 e. The second-order valence-corrected chi connectivity index (χ2v) is 3.43. The van der Waals surface area contributed by atoms with Crippen molar-refractivity contribution >= 4 is 5.82 Å². The highest BCUT2D eigenvalue weighted by Gasteiger charge is 2.03. The number of aromatic nitrogens is 3. The Balaban J connectivity index is 2.09. The number of hydrogen-bond acceptors (Lipinski definition) is 6. The molecule has 90 valence electrons. The third kappa shape index (κ3) is 2.71. The van der Waals surface area contributed by atoms with E-state index in [4.69, 9.17) is 10.00 Å². The summed E-state index contributed by atoms with van der Waals surface area (Å²) in [5.74, 6) is 1.02. The monoisotopic (exact) mass is 241 g/mol. The molecule has 0 saturated heterocycles. The summed E-state index contributed by atoms with van der Waals surface area (Å²) in [6.45, 7) is 0.520. The molecule has 18 heavy (non-hydrogen) atoms. The fraction of sp³-hybridized carbons (Fsp3) is 0.167. The molecule has 6 heteroatoms. The lowest BCUT2D eigenvalue weighted by atomic mass is 10.2. The van der Waals surface area contributed by atoms with Gasteiger partial charge in [0, 0.05) is 31.2 Å². The van der Waals surface area contributed by atoms with E-state index >= 15 is 0 Å². The zero-order valence-corrected chi connectivity index (χ0v) is 9.79. The van der Waals surface area contributed by atoms with Crippen molar-refractivity contribution in [3.8, 4) is 11.9 Å². The highest BCUT2D eigenvalue weighted by Crippen LogP contribution is 2.12. The number of ether oxygens (including phenoxy) is 1. The molecular weight excluding hydrogens is 230 g/mol. The molecule has 6 nitrogen and oxygen atoms in total. The number of rotatable bonds is 4. The lowest BCUT2D eigenvalue weighted by molar-refractivity contribution is 0.397. The third-order valence-corrected chi connectivity index (χ3v) is 2.27. The van der Waals surface area contributed by atoms with Gasteiger partial charge in [-0.05, 0) is 11.6 Å². The molecule has 0 fully saturated rings. The number of pyridine rings is 1. The van der Waals surface area contributed by atoms with Crippen molar-refractivity contribution in [3.63, 3.8) is 0 Å². The first kappa shape index (κ1) is 11.8. The Morgan fingerprint density at radius 3 is 2.89 bits per heavy atom. The first-order chi connectivity index (χ1) is 8.83. The first-order valence-corrected chi connectivity index (χ1v) is 5.27. The molecule has 0 saturated carbocycles. The van der Waals surface area contributed by atoms with Crippen LogP contribution in [-0.4, -0.2) is 22.1 Å². The average Bonchev–Trinajstić information content (AvgIpc) is 2.45.